The lowest BCUT2D eigenvalue weighted by molar-refractivity contribution is 0.0879. The normalized spacial score (nSPS) is 14.4. The second-order valence-corrected chi connectivity index (χ2v) is 6.06. The summed E-state index contributed by atoms with van der Waals surface area (Å²) in [6, 6.07) is 19.5. The Morgan fingerprint density at radius 2 is 1.71 bits per heavy atom. The highest BCUT2D eigenvalue weighted by Crippen LogP contribution is 2.34. The molecule has 0 aliphatic rings. The quantitative estimate of drug-likeness (QED) is 0.557. The largest absolute Gasteiger partial charge is 0.287 e. The topological polar surface area (TPSA) is 41.1 Å². The van der Waals surface area contributed by atoms with Gasteiger partial charge >= 0.3 is 0 Å². The van der Waals surface area contributed by atoms with E-state index >= 15 is 0 Å². The Kier molecular flexibility index (Phi) is 6.33. The fourth-order valence-corrected chi connectivity index (χ4v) is 3.04. The van der Waals surface area contributed by atoms with Gasteiger partial charge in [-0.1, -0.05) is 74.9 Å². The van der Waals surface area contributed by atoms with E-state index in [9.17, 15) is 4.79 Å². The number of amides is 1. The van der Waals surface area contributed by atoms with Crippen LogP contribution >= 0.6 is 0 Å². The van der Waals surface area contributed by atoms with E-state index in [2.05, 4.69) is 43.4 Å². The molecule has 0 spiro atoms. The Morgan fingerprint density at radius 3 is 2.25 bits per heavy atom. The number of hydrogen-bond donors (Lipinski definition) is 2. The Balaban J connectivity index is 2.29. The first-order valence-corrected chi connectivity index (χ1v) is 8.44. The van der Waals surface area contributed by atoms with E-state index in [1.165, 1.54) is 0 Å². The van der Waals surface area contributed by atoms with Crippen LogP contribution in [0.5, 0.6) is 0 Å². The van der Waals surface area contributed by atoms with Crippen LogP contribution in [0.1, 0.15) is 42.6 Å². The van der Waals surface area contributed by atoms with Crippen LogP contribution in [0.25, 0.3) is 0 Å². The number of hydrogen-bond acceptors (Lipinski definition) is 2. The lowest BCUT2D eigenvalue weighted by Gasteiger charge is -2.39. The van der Waals surface area contributed by atoms with E-state index in [0.29, 0.717) is 5.56 Å². The maximum atomic E-state index is 12.4. The predicted molar refractivity (Wildman–Crippen MR) is 99.4 cm³/mol. The molecule has 0 aromatic heterocycles. The summed E-state index contributed by atoms with van der Waals surface area (Å²) in [5.74, 6) is 0.0131. The first kappa shape index (κ1) is 18.0. The van der Waals surface area contributed by atoms with Crippen LogP contribution in [0, 0.1) is 5.92 Å². The monoisotopic (exact) mass is 322 g/mol. The summed E-state index contributed by atoms with van der Waals surface area (Å²) in [5.41, 5.74) is 7.62. The lowest BCUT2D eigenvalue weighted by Crippen LogP contribution is -2.55. The predicted octanol–water partition coefficient (Wildman–Crippen LogP) is 4.44. The van der Waals surface area contributed by atoms with Crippen LogP contribution in [-0.2, 0) is 5.54 Å². The molecule has 0 saturated carbocycles. The minimum atomic E-state index is -0.387. The van der Waals surface area contributed by atoms with Gasteiger partial charge in [0.1, 0.15) is 0 Å². The summed E-state index contributed by atoms with van der Waals surface area (Å²) in [5, 5.41) is 0. The van der Waals surface area contributed by atoms with Crippen molar-refractivity contribution in [2.75, 3.05) is 0 Å². The molecule has 0 unspecified atom stereocenters. The van der Waals surface area contributed by atoms with Crippen LogP contribution < -0.4 is 10.9 Å². The van der Waals surface area contributed by atoms with Crippen molar-refractivity contribution in [3.63, 3.8) is 0 Å². The van der Waals surface area contributed by atoms with E-state index in [1.54, 1.807) is 12.1 Å². The van der Waals surface area contributed by atoms with Gasteiger partial charge in [-0.25, -0.2) is 5.43 Å². The third-order valence-electron chi connectivity index (χ3n) is 4.50. The van der Waals surface area contributed by atoms with Crippen molar-refractivity contribution in [3.8, 4) is 0 Å². The number of carbonyl (C=O) groups excluding carboxylic acids is 1. The summed E-state index contributed by atoms with van der Waals surface area (Å²) in [6.07, 6.45) is 3.81. The molecule has 3 heteroatoms. The molecule has 0 aliphatic heterocycles. The van der Waals surface area contributed by atoms with Crippen molar-refractivity contribution in [1.29, 1.82) is 0 Å². The minimum absolute atomic E-state index is 0.136. The fourth-order valence-electron chi connectivity index (χ4n) is 3.04. The molecule has 0 fully saturated rings. The molecule has 2 aromatic carbocycles. The van der Waals surface area contributed by atoms with Crippen molar-refractivity contribution in [3.05, 3.63) is 84.4 Å². The first-order valence-electron chi connectivity index (χ1n) is 8.44. The van der Waals surface area contributed by atoms with Crippen LogP contribution in [0.3, 0.4) is 0 Å². The standard InChI is InChI=1S/C21H26N2O/c1-4-16-21(17(3)5-2,19-14-10-7-11-15-19)23-22-20(24)18-12-8-6-9-13-18/h5-15,17,23H,2,4,16H2,1,3H3,(H,22,24)/t17-,21-/m0/s1. The summed E-state index contributed by atoms with van der Waals surface area (Å²) < 4.78 is 0. The molecule has 126 valence electrons. The van der Waals surface area contributed by atoms with Gasteiger partial charge < -0.3 is 0 Å². The molecule has 2 rings (SSSR count). The Bertz CT molecular complexity index is 654. The lowest BCUT2D eigenvalue weighted by atomic mass is 9.76. The van der Waals surface area contributed by atoms with Gasteiger partial charge in [-0.05, 0) is 30.0 Å². The van der Waals surface area contributed by atoms with Crippen molar-refractivity contribution in [2.24, 2.45) is 5.92 Å². The van der Waals surface area contributed by atoms with Gasteiger partial charge in [-0.3, -0.25) is 10.2 Å². The second kappa shape index (κ2) is 8.46. The molecule has 0 saturated heterocycles. The number of rotatable bonds is 8. The zero-order valence-electron chi connectivity index (χ0n) is 14.5. The molecule has 2 N–H and O–H groups in total. The molecule has 1 amide bonds. The molecule has 3 nitrogen and oxygen atoms in total. The molecule has 2 aromatic rings. The average molecular weight is 322 g/mol. The molecule has 0 aliphatic carbocycles. The van der Waals surface area contributed by atoms with E-state index in [-0.39, 0.29) is 17.4 Å². The summed E-state index contributed by atoms with van der Waals surface area (Å²) in [4.78, 5) is 12.4. The van der Waals surface area contributed by atoms with E-state index in [0.717, 1.165) is 18.4 Å². The first-order chi connectivity index (χ1) is 11.6. The van der Waals surface area contributed by atoms with Gasteiger partial charge in [0.05, 0.1) is 5.54 Å². The molecule has 0 bridgehead atoms. The van der Waals surface area contributed by atoms with Crippen molar-refractivity contribution >= 4 is 5.91 Å². The Morgan fingerprint density at radius 1 is 1.12 bits per heavy atom. The number of carbonyl (C=O) groups is 1. The van der Waals surface area contributed by atoms with Crippen LogP contribution in [-0.4, -0.2) is 5.91 Å². The highest BCUT2D eigenvalue weighted by atomic mass is 16.2. The zero-order valence-corrected chi connectivity index (χ0v) is 14.5. The average Bonchev–Trinajstić information content (AvgIpc) is 2.65. The number of benzene rings is 2. The van der Waals surface area contributed by atoms with E-state index in [1.807, 2.05) is 42.5 Å². The van der Waals surface area contributed by atoms with Crippen LogP contribution in [0.2, 0.25) is 0 Å². The highest BCUT2D eigenvalue weighted by Gasteiger charge is 2.36. The minimum Gasteiger partial charge on any atom is -0.287 e. The third kappa shape index (κ3) is 3.92. The van der Waals surface area contributed by atoms with Gasteiger partial charge in [0.2, 0.25) is 0 Å². The van der Waals surface area contributed by atoms with Crippen molar-refractivity contribution in [2.45, 2.75) is 32.2 Å². The maximum Gasteiger partial charge on any atom is 0.265 e. The van der Waals surface area contributed by atoms with Gasteiger partial charge in [-0.15, -0.1) is 6.58 Å². The molecule has 0 heterocycles. The van der Waals surface area contributed by atoms with E-state index < -0.39 is 0 Å². The summed E-state index contributed by atoms with van der Waals surface area (Å²) in [6.45, 7) is 8.24. The summed E-state index contributed by atoms with van der Waals surface area (Å²) >= 11 is 0. The molecule has 2 atom stereocenters. The smallest absolute Gasteiger partial charge is 0.265 e. The van der Waals surface area contributed by atoms with Crippen LogP contribution in [0.4, 0.5) is 0 Å². The maximum absolute atomic E-state index is 12.4. The number of hydrazine groups is 1. The molecule has 0 radical (unpaired) electrons. The fraction of sp³-hybridized carbons (Fsp3) is 0.286. The second-order valence-electron chi connectivity index (χ2n) is 6.06. The van der Waals surface area contributed by atoms with Crippen molar-refractivity contribution in [1.82, 2.24) is 10.9 Å². The van der Waals surface area contributed by atoms with Gasteiger partial charge in [0.25, 0.3) is 5.91 Å². The highest BCUT2D eigenvalue weighted by molar-refractivity contribution is 5.93. The Hall–Kier alpha value is -2.39. The molecular formula is C21H26N2O. The molecular weight excluding hydrogens is 296 g/mol. The molecule has 24 heavy (non-hydrogen) atoms. The third-order valence-corrected chi connectivity index (χ3v) is 4.50. The van der Waals surface area contributed by atoms with Gasteiger partial charge in [0, 0.05) is 5.56 Å². The van der Waals surface area contributed by atoms with E-state index in [4.69, 9.17) is 0 Å². The van der Waals surface area contributed by atoms with Gasteiger partial charge in [0.15, 0.2) is 0 Å². The summed E-state index contributed by atoms with van der Waals surface area (Å²) in [7, 11) is 0. The Labute approximate surface area is 144 Å². The van der Waals surface area contributed by atoms with Crippen LogP contribution in [0.15, 0.2) is 73.3 Å². The zero-order chi connectivity index (χ0) is 17.4. The number of nitrogens with one attached hydrogen (secondary N) is 2. The SMILES string of the molecule is C=C[C@H](C)[C@](CCC)(NNC(=O)c1ccccc1)c1ccccc1. The van der Waals surface area contributed by atoms with Crippen molar-refractivity contribution < 1.29 is 4.79 Å². The van der Waals surface area contributed by atoms with Gasteiger partial charge in [-0.2, -0.15) is 0 Å².